The Morgan fingerprint density at radius 1 is 1.39 bits per heavy atom. The normalized spacial score (nSPS) is 11.1. The molecule has 0 aliphatic carbocycles. The Morgan fingerprint density at radius 3 is 2.61 bits per heavy atom. The second kappa shape index (κ2) is 7.18. The van der Waals surface area contributed by atoms with Gasteiger partial charge in [0, 0.05) is 13.0 Å². The van der Waals surface area contributed by atoms with Gasteiger partial charge in [0.15, 0.2) is 6.79 Å². The van der Waals surface area contributed by atoms with Gasteiger partial charge in [0.25, 0.3) is 5.70 Å². The number of hydrogen-bond acceptors (Lipinski definition) is 5. The van der Waals surface area contributed by atoms with Crippen molar-refractivity contribution in [2.24, 2.45) is 0 Å². The molecule has 0 N–H and O–H groups in total. The van der Waals surface area contributed by atoms with E-state index in [4.69, 9.17) is 4.74 Å². The standard InChI is InChI=1S/C12H13NO5/c1-10(14)18-9-17-8-12(13(15)16)7-11-5-3-2-4-6-11/h2-7H,8-9H2,1H3. The maximum absolute atomic E-state index is 10.8. The number of rotatable bonds is 6. The molecule has 0 heterocycles. The molecule has 1 rings (SSSR count). The van der Waals surface area contributed by atoms with Crippen molar-refractivity contribution in [2.45, 2.75) is 6.92 Å². The van der Waals surface area contributed by atoms with Gasteiger partial charge in [-0.2, -0.15) is 0 Å². The maximum Gasteiger partial charge on any atom is 0.304 e. The molecular formula is C12H13NO5. The number of hydrogen-bond donors (Lipinski definition) is 0. The van der Waals surface area contributed by atoms with Crippen LogP contribution in [0.2, 0.25) is 0 Å². The van der Waals surface area contributed by atoms with Gasteiger partial charge in [0.2, 0.25) is 0 Å². The molecule has 0 fully saturated rings. The number of benzene rings is 1. The first-order valence-corrected chi connectivity index (χ1v) is 5.20. The first kappa shape index (κ1) is 13.9. The van der Waals surface area contributed by atoms with Crippen LogP contribution in [0, 0.1) is 10.1 Å². The lowest BCUT2D eigenvalue weighted by atomic mass is 10.2. The summed E-state index contributed by atoms with van der Waals surface area (Å²) >= 11 is 0. The highest BCUT2D eigenvalue weighted by molar-refractivity contribution is 5.65. The minimum atomic E-state index is -0.527. The highest BCUT2D eigenvalue weighted by Crippen LogP contribution is 2.07. The molecule has 0 saturated heterocycles. The maximum atomic E-state index is 10.8. The van der Waals surface area contributed by atoms with Gasteiger partial charge in [0.05, 0.1) is 4.92 Å². The predicted molar refractivity (Wildman–Crippen MR) is 64.0 cm³/mol. The lowest BCUT2D eigenvalue weighted by Crippen LogP contribution is -2.11. The molecule has 0 spiro atoms. The highest BCUT2D eigenvalue weighted by Gasteiger charge is 2.11. The summed E-state index contributed by atoms with van der Waals surface area (Å²) in [5, 5.41) is 10.8. The molecule has 0 saturated carbocycles. The van der Waals surface area contributed by atoms with E-state index in [9.17, 15) is 14.9 Å². The lowest BCUT2D eigenvalue weighted by molar-refractivity contribution is -0.429. The molecule has 0 amide bonds. The van der Waals surface area contributed by atoms with Gasteiger partial charge < -0.3 is 9.47 Å². The van der Waals surface area contributed by atoms with Gasteiger partial charge in [-0.3, -0.25) is 14.9 Å². The zero-order valence-corrected chi connectivity index (χ0v) is 9.87. The van der Waals surface area contributed by atoms with E-state index in [-0.39, 0.29) is 19.1 Å². The number of esters is 1. The Balaban J connectivity index is 2.58. The molecule has 6 nitrogen and oxygen atoms in total. The van der Waals surface area contributed by atoms with Crippen LogP contribution >= 0.6 is 0 Å². The molecule has 18 heavy (non-hydrogen) atoms. The van der Waals surface area contributed by atoms with Crippen LogP contribution in [0.25, 0.3) is 6.08 Å². The molecule has 0 aliphatic rings. The number of ether oxygens (including phenoxy) is 2. The van der Waals surface area contributed by atoms with Crippen molar-refractivity contribution in [3.8, 4) is 0 Å². The van der Waals surface area contributed by atoms with Crippen LogP contribution in [0.3, 0.4) is 0 Å². The predicted octanol–water partition coefficient (Wildman–Crippen LogP) is 1.84. The summed E-state index contributed by atoms with van der Waals surface area (Å²) in [5.41, 5.74) is 0.605. The molecule has 0 aliphatic heterocycles. The van der Waals surface area contributed by atoms with Crippen molar-refractivity contribution in [1.29, 1.82) is 0 Å². The van der Waals surface area contributed by atoms with Crippen molar-refractivity contribution < 1.29 is 19.2 Å². The van der Waals surface area contributed by atoms with E-state index < -0.39 is 10.9 Å². The third kappa shape index (κ3) is 5.22. The Hall–Kier alpha value is -2.21. The fraction of sp³-hybridized carbons (Fsp3) is 0.250. The third-order valence-electron chi connectivity index (χ3n) is 1.96. The smallest absolute Gasteiger partial charge is 0.304 e. The van der Waals surface area contributed by atoms with E-state index in [1.54, 1.807) is 24.3 Å². The minimum Gasteiger partial charge on any atom is -0.439 e. The number of nitrogens with zero attached hydrogens (tertiary/aromatic N) is 1. The first-order chi connectivity index (χ1) is 8.59. The summed E-state index contributed by atoms with van der Waals surface area (Å²) in [6.07, 6.45) is 1.41. The van der Waals surface area contributed by atoms with Crippen LogP contribution in [0.15, 0.2) is 36.0 Å². The molecule has 96 valence electrons. The lowest BCUT2D eigenvalue weighted by Gasteiger charge is -2.02. The van der Waals surface area contributed by atoms with Crippen LogP contribution in [-0.4, -0.2) is 24.3 Å². The molecule has 1 aromatic carbocycles. The molecule has 0 bridgehead atoms. The topological polar surface area (TPSA) is 78.7 Å². The highest BCUT2D eigenvalue weighted by atomic mass is 16.7. The number of carbonyl (C=O) groups excluding carboxylic acids is 1. The van der Waals surface area contributed by atoms with Gasteiger partial charge in [-0.25, -0.2) is 0 Å². The van der Waals surface area contributed by atoms with E-state index in [1.807, 2.05) is 6.07 Å². The molecular weight excluding hydrogens is 238 g/mol. The summed E-state index contributed by atoms with van der Waals surface area (Å²) < 4.78 is 9.40. The Morgan fingerprint density at radius 2 is 2.06 bits per heavy atom. The van der Waals surface area contributed by atoms with Gasteiger partial charge in [-0.1, -0.05) is 30.3 Å². The zero-order chi connectivity index (χ0) is 13.4. The van der Waals surface area contributed by atoms with Crippen LogP contribution in [0.5, 0.6) is 0 Å². The van der Waals surface area contributed by atoms with Crippen molar-refractivity contribution in [2.75, 3.05) is 13.4 Å². The van der Waals surface area contributed by atoms with Crippen LogP contribution < -0.4 is 0 Å². The van der Waals surface area contributed by atoms with Crippen LogP contribution in [0.1, 0.15) is 12.5 Å². The Kier molecular flexibility index (Phi) is 5.53. The van der Waals surface area contributed by atoms with Crippen LogP contribution in [0.4, 0.5) is 0 Å². The molecule has 6 heteroatoms. The van der Waals surface area contributed by atoms with Gasteiger partial charge in [-0.15, -0.1) is 0 Å². The second-order valence-corrected chi connectivity index (χ2v) is 3.41. The van der Waals surface area contributed by atoms with Gasteiger partial charge in [-0.05, 0) is 5.56 Å². The average molecular weight is 251 g/mol. The Labute approximate surface area is 104 Å². The zero-order valence-electron chi connectivity index (χ0n) is 9.87. The largest absolute Gasteiger partial charge is 0.439 e. The van der Waals surface area contributed by atoms with Crippen molar-refractivity contribution in [3.63, 3.8) is 0 Å². The summed E-state index contributed by atoms with van der Waals surface area (Å²) in [6.45, 7) is 0.710. The molecule has 0 aromatic heterocycles. The van der Waals surface area contributed by atoms with E-state index in [2.05, 4.69) is 4.74 Å². The average Bonchev–Trinajstić information content (AvgIpc) is 2.33. The van der Waals surface area contributed by atoms with Crippen LogP contribution in [-0.2, 0) is 14.3 Å². The summed E-state index contributed by atoms with van der Waals surface area (Å²) in [5.74, 6) is -0.496. The Bertz CT molecular complexity index is 441. The van der Waals surface area contributed by atoms with Crippen molar-refractivity contribution in [1.82, 2.24) is 0 Å². The van der Waals surface area contributed by atoms with Gasteiger partial charge in [0.1, 0.15) is 6.61 Å². The van der Waals surface area contributed by atoms with E-state index in [0.717, 1.165) is 0 Å². The van der Waals surface area contributed by atoms with Crippen molar-refractivity contribution >= 4 is 12.0 Å². The third-order valence-corrected chi connectivity index (χ3v) is 1.96. The number of nitro groups is 1. The molecule has 0 unspecified atom stereocenters. The monoisotopic (exact) mass is 251 g/mol. The van der Waals surface area contributed by atoms with E-state index >= 15 is 0 Å². The van der Waals surface area contributed by atoms with Gasteiger partial charge >= 0.3 is 5.97 Å². The molecule has 1 aromatic rings. The fourth-order valence-corrected chi connectivity index (χ4v) is 1.16. The quantitative estimate of drug-likeness (QED) is 0.253. The summed E-state index contributed by atoms with van der Waals surface area (Å²) in [4.78, 5) is 20.7. The summed E-state index contributed by atoms with van der Waals surface area (Å²) in [6, 6.07) is 8.87. The minimum absolute atomic E-state index is 0.103. The van der Waals surface area contributed by atoms with E-state index in [1.165, 1.54) is 13.0 Å². The molecule has 0 radical (unpaired) electrons. The first-order valence-electron chi connectivity index (χ1n) is 5.20. The van der Waals surface area contributed by atoms with Crippen molar-refractivity contribution in [3.05, 3.63) is 51.7 Å². The van der Waals surface area contributed by atoms with E-state index in [0.29, 0.717) is 5.56 Å². The second-order valence-electron chi connectivity index (χ2n) is 3.41. The molecule has 0 atom stereocenters. The number of carbonyl (C=O) groups is 1. The SMILES string of the molecule is CC(=O)OCOCC(=Cc1ccccc1)[N+](=O)[O-]. The fourth-order valence-electron chi connectivity index (χ4n) is 1.16. The summed E-state index contributed by atoms with van der Waals surface area (Å²) in [7, 11) is 0.